The van der Waals surface area contributed by atoms with E-state index in [1.165, 1.54) is 4.90 Å². The number of benzene rings is 2. The van der Waals surface area contributed by atoms with Crippen molar-refractivity contribution in [1.82, 2.24) is 4.98 Å². The van der Waals surface area contributed by atoms with E-state index in [1.807, 2.05) is 56.3 Å². The molecular formula is C25H24N4O3. The minimum Gasteiger partial charge on any atom is -0.497 e. The predicted octanol–water partition coefficient (Wildman–Crippen LogP) is 4.20. The maximum atomic E-state index is 13.2. The Hall–Kier alpha value is -4.00. The second kappa shape index (κ2) is 9.01. The molecule has 2 amide bonds. The Bertz CT molecular complexity index is 1200. The predicted molar refractivity (Wildman–Crippen MR) is 125 cm³/mol. The number of nitrogens with zero attached hydrogens (tertiary/aromatic N) is 3. The van der Waals surface area contributed by atoms with Crippen molar-refractivity contribution >= 4 is 34.7 Å². The molecule has 32 heavy (non-hydrogen) atoms. The van der Waals surface area contributed by atoms with Gasteiger partial charge in [-0.3, -0.25) is 14.5 Å². The van der Waals surface area contributed by atoms with Crippen LogP contribution < -0.4 is 15.0 Å². The number of nitrogens with one attached hydrogen (secondary N) is 1. The van der Waals surface area contributed by atoms with Gasteiger partial charge in [-0.25, -0.2) is 9.98 Å². The summed E-state index contributed by atoms with van der Waals surface area (Å²) >= 11 is 0. The zero-order valence-corrected chi connectivity index (χ0v) is 18.3. The second-order valence-corrected chi connectivity index (χ2v) is 7.59. The van der Waals surface area contributed by atoms with Crippen LogP contribution in [0.15, 0.2) is 65.8 Å². The Morgan fingerprint density at radius 2 is 1.88 bits per heavy atom. The van der Waals surface area contributed by atoms with Crippen LogP contribution in [-0.4, -0.2) is 36.2 Å². The Morgan fingerprint density at radius 3 is 2.62 bits per heavy atom. The summed E-state index contributed by atoms with van der Waals surface area (Å²) in [7, 11) is 1.60. The van der Waals surface area contributed by atoms with Crippen molar-refractivity contribution < 1.29 is 14.3 Å². The van der Waals surface area contributed by atoms with Crippen LogP contribution in [0.5, 0.6) is 5.75 Å². The van der Waals surface area contributed by atoms with Gasteiger partial charge in [-0.15, -0.1) is 0 Å². The molecule has 0 saturated carbocycles. The van der Waals surface area contributed by atoms with E-state index in [4.69, 9.17) is 9.73 Å². The first-order valence-electron chi connectivity index (χ1n) is 10.3. The molecule has 0 radical (unpaired) electrons. The number of anilines is 2. The summed E-state index contributed by atoms with van der Waals surface area (Å²) in [5, 5.41) is 2.91. The Kier molecular flexibility index (Phi) is 5.98. The summed E-state index contributed by atoms with van der Waals surface area (Å²) in [5.41, 5.74) is 4.78. The van der Waals surface area contributed by atoms with Crippen molar-refractivity contribution in [3.8, 4) is 5.75 Å². The van der Waals surface area contributed by atoms with Gasteiger partial charge in [0, 0.05) is 11.9 Å². The number of fused-ring (bicyclic) bond motifs is 1. The van der Waals surface area contributed by atoms with Crippen molar-refractivity contribution in [2.24, 2.45) is 4.99 Å². The molecule has 3 aromatic rings. The zero-order chi connectivity index (χ0) is 22.7. The third kappa shape index (κ3) is 4.37. The number of carbonyl (C=O) groups is 2. The van der Waals surface area contributed by atoms with Gasteiger partial charge in [-0.05, 0) is 73.0 Å². The first-order chi connectivity index (χ1) is 15.5. The van der Waals surface area contributed by atoms with Gasteiger partial charge in [0.05, 0.1) is 19.2 Å². The fourth-order valence-electron chi connectivity index (χ4n) is 3.56. The molecular weight excluding hydrogens is 404 g/mol. The Labute approximate surface area is 186 Å². The maximum Gasteiger partial charge on any atom is 0.244 e. The van der Waals surface area contributed by atoms with Gasteiger partial charge in [-0.2, -0.15) is 0 Å². The second-order valence-electron chi connectivity index (χ2n) is 7.59. The van der Waals surface area contributed by atoms with Crippen molar-refractivity contribution in [2.75, 3.05) is 23.9 Å². The largest absolute Gasteiger partial charge is 0.497 e. The molecule has 0 aliphatic carbocycles. The molecule has 2 heterocycles. The van der Waals surface area contributed by atoms with Gasteiger partial charge in [0.25, 0.3) is 0 Å². The van der Waals surface area contributed by atoms with Crippen LogP contribution in [0.1, 0.15) is 23.1 Å². The van der Waals surface area contributed by atoms with Crippen LogP contribution in [0, 0.1) is 13.8 Å². The number of ether oxygens (including phenoxy) is 1. The number of aliphatic imine (C=N–C) groups is 1. The number of hydrogen-bond donors (Lipinski definition) is 1. The van der Waals surface area contributed by atoms with Crippen molar-refractivity contribution in [3.63, 3.8) is 0 Å². The van der Waals surface area contributed by atoms with Gasteiger partial charge in [0.1, 0.15) is 18.0 Å². The van der Waals surface area contributed by atoms with Crippen LogP contribution in [0.4, 0.5) is 17.2 Å². The molecule has 162 valence electrons. The van der Waals surface area contributed by atoms with Gasteiger partial charge >= 0.3 is 0 Å². The van der Waals surface area contributed by atoms with Crippen LogP contribution >= 0.6 is 0 Å². The summed E-state index contributed by atoms with van der Waals surface area (Å²) in [5.74, 6) is 0.558. The molecule has 0 atom stereocenters. The highest BCUT2D eigenvalue weighted by Gasteiger charge is 2.28. The third-order valence-corrected chi connectivity index (χ3v) is 5.50. The van der Waals surface area contributed by atoms with Crippen molar-refractivity contribution in [2.45, 2.75) is 20.3 Å². The lowest BCUT2D eigenvalue weighted by molar-refractivity contribution is -0.120. The normalized spacial score (nSPS) is 13.2. The highest BCUT2D eigenvalue weighted by atomic mass is 16.5. The van der Waals surface area contributed by atoms with E-state index < -0.39 is 0 Å². The molecule has 4 rings (SSSR count). The molecule has 2 aromatic carbocycles. The van der Waals surface area contributed by atoms with E-state index in [9.17, 15) is 9.59 Å². The molecule has 0 saturated heterocycles. The minimum absolute atomic E-state index is 0.0550. The summed E-state index contributed by atoms with van der Waals surface area (Å²) < 4.78 is 5.21. The molecule has 0 fully saturated rings. The van der Waals surface area contributed by atoms with Crippen LogP contribution in [-0.2, 0) is 9.59 Å². The SMILES string of the molecule is COc1ccc(C2=Nc3cccnc3N(CC(=O)Nc3cccc(C)c3C)C(=O)C2)cc1. The third-order valence-electron chi connectivity index (χ3n) is 5.50. The van der Waals surface area contributed by atoms with E-state index >= 15 is 0 Å². The summed E-state index contributed by atoms with van der Waals surface area (Å²) in [6, 6.07) is 16.7. The van der Waals surface area contributed by atoms with Gasteiger partial charge in [-0.1, -0.05) is 12.1 Å². The molecule has 1 N–H and O–H groups in total. The van der Waals surface area contributed by atoms with Gasteiger partial charge in [0.2, 0.25) is 11.8 Å². The lowest BCUT2D eigenvalue weighted by Crippen LogP contribution is -2.39. The van der Waals surface area contributed by atoms with Crippen LogP contribution in [0.25, 0.3) is 0 Å². The van der Waals surface area contributed by atoms with Gasteiger partial charge in [0.15, 0.2) is 5.82 Å². The fourth-order valence-corrected chi connectivity index (χ4v) is 3.56. The van der Waals surface area contributed by atoms with E-state index in [0.29, 0.717) is 17.2 Å². The highest BCUT2D eigenvalue weighted by molar-refractivity contribution is 6.18. The van der Waals surface area contributed by atoms with Crippen LogP contribution in [0.2, 0.25) is 0 Å². The average Bonchev–Trinajstić information content (AvgIpc) is 2.93. The fraction of sp³-hybridized carbons (Fsp3) is 0.200. The maximum absolute atomic E-state index is 13.2. The van der Waals surface area contributed by atoms with E-state index in [0.717, 1.165) is 28.1 Å². The first-order valence-corrected chi connectivity index (χ1v) is 10.3. The van der Waals surface area contributed by atoms with Crippen molar-refractivity contribution in [1.29, 1.82) is 0 Å². The molecule has 0 spiro atoms. The molecule has 1 aliphatic heterocycles. The molecule has 0 unspecified atom stereocenters. The number of methoxy groups -OCH3 is 1. The molecule has 1 aliphatic rings. The quantitative estimate of drug-likeness (QED) is 0.660. The van der Waals surface area contributed by atoms with Crippen LogP contribution in [0.3, 0.4) is 0 Å². The zero-order valence-electron chi connectivity index (χ0n) is 18.3. The summed E-state index contributed by atoms with van der Waals surface area (Å²) in [4.78, 5) is 36.5. The smallest absolute Gasteiger partial charge is 0.244 e. The lowest BCUT2D eigenvalue weighted by Gasteiger charge is -2.21. The lowest BCUT2D eigenvalue weighted by atomic mass is 10.1. The molecule has 7 nitrogen and oxygen atoms in total. The summed E-state index contributed by atoms with van der Waals surface area (Å²) in [6.07, 6.45) is 1.65. The summed E-state index contributed by atoms with van der Waals surface area (Å²) in [6.45, 7) is 3.79. The van der Waals surface area contributed by atoms with E-state index in [2.05, 4.69) is 10.3 Å². The molecule has 7 heteroatoms. The number of aromatic nitrogens is 1. The number of aryl methyl sites for hydroxylation is 1. The first kappa shape index (κ1) is 21.2. The van der Waals surface area contributed by atoms with E-state index in [1.54, 1.807) is 25.4 Å². The Balaban J connectivity index is 1.60. The number of hydrogen-bond acceptors (Lipinski definition) is 5. The monoisotopic (exact) mass is 428 g/mol. The van der Waals surface area contributed by atoms with E-state index in [-0.39, 0.29) is 24.8 Å². The number of pyridine rings is 1. The topological polar surface area (TPSA) is 83.9 Å². The van der Waals surface area contributed by atoms with Gasteiger partial charge < -0.3 is 10.1 Å². The molecule has 1 aromatic heterocycles. The number of rotatable bonds is 5. The molecule has 0 bridgehead atoms. The minimum atomic E-state index is -0.295. The van der Waals surface area contributed by atoms with Crippen molar-refractivity contribution in [3.05, 3.63) is 77.5 Å². The standard InChI is InChI=1S/C25H24N4O3/c1-16-6-4-7-20(17(16)2)28-23(30)15-29-24(31)14-22(18-9-11-19(32-3)12-10-18)27-21-8-5-13-26-25(21)29/h4-13H,14-15H2,1-3H3,(H,28,30). The number of amides is 2. The Morgan fingerprint density at radius 1 is 1.09 bits per heavy atom. The highest BCUT2D eigenvalue weighted by Crippen LogP contribution is 2.31. The average molecular weight is 428 g/mol. The number of carbonyl (C=O) groups excluding carboxylic acids is 2.